The van der Waals surface area contributed by atoms with Gasteiger partial charge in [-0.2, -0.15) is 0 Å². The van der Waals surface area contributed by atoms with Crippen molar-refractivity contribution < 1.29 is 17.9 Å². The highest BCUT2D eigenvalue weighted by atomic mass is 32.2. The fraction of sp³-hybridized carbons (Fsp3) is 0.167. The summed E-state index contributed by atoms with van der Waals surface area (Å²) in [4.78, 5) is 12.0. The van der Waals surface area contributed by atoms with E-state index < -0.39 is 15.9 Å². The lowest BCUT2D eigenvalue weighted by atomic mass is 10.3. The second-order valence-corrected chi connectivity index (χ2v) is 7.22. The number of ether oxygens (including phenoxy) is 1. The molecule has 124 valence electrons. The van der Waals surface area contributed by atoms with Gasteiger partial charge in [-0.25, -0.2) is 13.1 Å². The Kier molecular flexibility index (Phi) is 4.40. The van der Waals surface area contributed by atoms with Crippen molar-refractivity contribution in [3.05, 3.63) is 67.3 Å². The minimum absolute atomic E-state index is 0.0519. The maximum atomic E-state index is 12.5. The maximum absolute atomic E-state index is 12.5. The van der Waals surface area contributed by atoms with Gasteiger partial charge in [-0.1, -0.05) is 36.4 Å². The van der Waals surface area contributed by atoms with Crippen LogP contribution in [-0.4, -0.2) is 14.3 Å². The molecule has 1 aliphatic carbocycles. The van der Waals surface area contributed by atoms with E-state index in [-0.39, 0.29) is 22.5 Å². The van der Waals surface area contributed by atoms with E-state index in [1.54, 1.807) is 48.5 Å². The molecule has 0 spiro atoms. The number of hydrogen-bond donors (Lipinski definition) is 1. The summed E-state index contributed by atoms with van der Waals surface area (Å²) >= 11 is 0. The van der Waals surface area contributed by atoms with E-state index in [0.29, 0.717) is 12.2 Å². The van der Waals surface area contributed by atoms with Crippen molar-refractivity contribution in [1.82, 2.24) is 4.72 Å². The number of carbonyl (C=O) groups excluding carboxylic acids is 1. The van der Waals surface area contributed by atoms with Crippen molar-refractivity contribution in [1.29, 1.82) is 0 Å². The molecule has 6 heteroatoms. The number of benzene rings is 2. The third kappa shape index (κ3) is 3.49. The molecule has 1 N–H and O–H groups in total. The first-order valence-electron chi connectivity index (χ1n) is 7.52. The molecule has 1 aliphatic rings. The molecule has 0 saturated heterocycles. The van der Waals surface area contributed by atoms with E-state index >= 15 is 0 Å². The molecule has 1 fully saturated rings. The molecule has 2 atom stereocenters. The molecule has 0 unspecified atom stereocenters. The van der Waals surface area contributed by atoms with E-state index in [1.165, 1.54) is 6.07 Å². The monoisotopic (exact) mass is 343 g/mol. The Morgan fingerprint density at radius 1 is 1.12 bits per heavy atom. The van der Waals surface area contributed by atoms with Gasteiger partial charge in [0.05, 0.1) is 0 Å². The standard InChI is InChI=1S/C18H17NO4S/c1-2-13-12-15(13)18(20)19-24(21,22)17-11-7-6-10-16(17)23-14-8-4-3-5-9-14/h2-11,13,15H,1,12H2,(H,19,20)/t13-,15+/m1/s1. The topological polar surface area (TPSA) is 72.5 Å². The van der Waals surface area contributed by atoms with Crippen LogP contribution in [0.5, 0.6) is 11.5 Å². The number of allylic oxidation sites excluding steroid dienone is 1. The van der Waals surface area contributed by atoms with Crippen LogP contribution in [0.3, 0.4) is 0 Å². The molecule has 24 heavy (non-hydrogen) atoms. The van der Waals surface area contributed by atoms with Crippen LogP contribution >= 0.6 is 0 Å². The molecule has 1 amide bonds. The summed E-state index contributed by atoms with van der Waals surface area (Å²) in [5.41, 5.74) is 0. The van der Waals surface area contributed by atoms with Gasteiger partial charge >= 0.3 is 0 Å². The van der Waals surface area contributed by atoms with Crippen LogP contribution in [-0.2, 0) is 14.8 Å². The van der Waals surface area contributed by atoms with Crippen molar-refractivity contribution in [2.75, 3.05) is 0 Å². The van der Waals surface area contributed by atoms with Crippen molar-refractivity contribution in [3.63, 3.8) is 0 Å². The highest BCUT2D eigenvalue weighted by Crippen LogP contribution is 2.39. The van der Waals surface area contributed by atoms with Crippen molar-refractivity contribution in [3.8, 4) is 11.5 Å². The number of carbonyl (C=O) groups is 1. The predicted molar refractivity (Wildman–Crippen MR) is 90.1 cm³/mol. The summed E-state index contributed by atoms with van der Waals surface area (Å²) in [6.07, 6.45) is 2.30. The summed E-state index contributed by atoms with van der Waals surface area (Å²) in [6, 6.07) is 15.1. The maximum Gasteiger partial charge on any atom is 0.267 e. The zero-order valence-corrected chi connectivity index (χ0v) is 13.7. The Morgan fingerprint density at radius 3 is 2.46 bits per heavy atom. The van der Waals surface area contributed by atoms with E-state index in [4.69, 9.17) is 4.74 Å². The molecule has 2 aromatic rings. The molecule has 1 saturated carbocycles. The molecule has 0 aromatic heterocycles. The minimum Gasteiger partial charge on any atom is -0.456 e. The molecular formula is C18H17NO4S. The van der Waals surface area contributed by atoms with Gasteiger partial charge in [-0.05, 0) is 36.6 Å². The summed E-state index contributed by atoms with van der Waals surface area (Å²) < 4.78 is 32.9. The van der Waals surface area contributed by atoms with Crippen LogP contribution in [0, 0.1) is 11.8 Å². The second-order valence-electron chi connectivity index (χ2n) is 5.57. The van der Waals surface area contributed by atoms with Crippen LogP contribution in [0.15, 0.2) is 72.1 Å². The smallest absolute Gasteiger partial charge is 0.267 e. The highest BCUT2D eigenvalue weighted by Gasteiger charge is 2.42. The Labute approximate surface area is 141 Å². The highest BCUT2D eigenvalue weighted by molar-refractivity contribution is 7.90. The number of hydrogen-bond acceptors (Lipinski definition) is 4. The quantitative estimate of drug-likeness (QED) is 0.818. The van der Waals surface area contributed by atoms with Crippen LogP contribution in [0.1, 0.15) is 6.42 Å². The van der Waals surface area contributed by atoms with Crippen LogP contribution < -0.4 is 9.46 Å². The molecule has 0 aliphatic heterocycles. The van der Waals surface area contributed by atoms with Crippen molar-refractivity contribution in [2.24, 2.45) is 11.8 Å². The van der Waals surface area contributed by atoms with Crippen molar-refractivity contribution in [2.45, 2.75) is 11.3 Å². The fourth-order valence-corrected chi connectivity index (χ4v) is 3.57. The van der Waals surface area contributed by atoms with E-state index in [1.807, 2.05) is 6.07 Å². The van der Waals surface area contributed by atoms with Crippen LogP contribution in [0.4, 0.5) is 0 Å². The number of rotatable bonds is 6. The second kappa shape index (κ2) is 6.49. The van der Waals surface area contributed by atoms with Gasteiger partial charge in [0.25, 0.3) is 10.0 Å². The van der Waals surface area contributed by atoms with E-state index in [2.05, 4.69) is 11.3 Å². The molecular weight excluding hydrogens is 326 g/mol. The first-order valence-corrected chi connectivity index (χ1v) is 9.01. The lowest BCUT2D eigenvalue weighted by Crippen LogP contribution is -2.32. The van der Waals surface area contributed by atoms with Gasteiger partial charge in [0.1, 0.15) is 16.4 Å². The molecule has 0 bridgehead atoms. The summed E-state index contributed by atoms with van der Waals surface area (Å²) in [5, 5.41) is 0. The van der Waals surface area contributed by atoms with Gasteiger partial charge < -0.3 is 4.74 Å². The SMILES string of the molecule is C=C[C@@H]1C[C@@H]1C(=O)NS(=O)(=O)c1ccccc1Oc1ccccc1. The van der Waals surface area contributed by atoms with Gasteiger partial charge in [0.2, 0.25) is 5.91 Å². The Bertz CT molecular complexity index is 862. The van der Waals surface area contributed by atoms with E-state index in [9.17, 15) is 13.2 Å². The Morgan fingerprint density at radius 2 is 1.79 bits per heavy atom. The minimum atomic E-state index is -4.01. The zero-order chi connectivity index (χ0) is 17.2. The molecule has 0 radical (unpaired) electrons. The third-order valence-electron chi connectivity index (χ3n) is 3.82. The van der Waals surface area contributed by atoms with Gasteiger partial charge in [-0.15, -0.1) is 6.58 Å². The van der Waals surface area contributed by atoms with E-state index in [0.717, 1.165) is 0 Å². The molecule has 2 aromatic carbocycles. The molecule has 0 heterocycles. The van der Waals surface area contributed by atoms with Crippen LogP contribution in [0.25, 0.3) is 0 Å². The lowest BCUT2D eigenvalue weighted by Gasteiger charge is -2.12. The van der Waals surface area contributed by atoms with Crippen molar-refractivity contribution >= 4 is 15.9 Å². The zero-order valence-electron chi connectivity index (χ0n) is 12.9. The Hall–Kier alpha value is -2.60. The molecule has 5 nitrogen and oxygen atoms in total. The third-order valence-corrected chi connectivity index (χ3v) is 5.21. The summed E-state index contributed by atoms with van der Waals surface area (Å²) in [6.45, 7) is 3.62. The first kappa shape index (κ1) is 16.3. The van der Waals surface area contributed by atoms with Gasteiger partial charge in [-0.3, -0.25) is 4.79 Å². The lowest BCUT2D eigenvalue weighted by molar-refractivity contribution is -0.120. The number of para-hydroxylation sites is 2. The normalized spacial score (nSPS) is 19.3. The molecule has 3 rings (SSSR count). The number of amides is 1. The summed E-state index contributed by atoms with van der Waals surface area (Å²) in [7, 11) is -4.01. The Balaban J connectivity index is 1.83. The average molecular weight is 343 g/mol. The largest absolute Gasteiger partial charge is 0.456 e. The van der Waals surface area contributed by atoms with Crippen LogP contribution in [0.2, 0.25) is 0 Å². The van der Waals surface area contributed by atoms with Gasteiger partial charge in [0, 0.05) is 5.92 Å². The first-order chi connectivity index (χ1) is 11.5. The number of nitrogens with one attached hydrogen (secondary N) is 1. The predicted octanol–water partition coefficient (Wildman–Crippen LogP) is 3.11. The average Bonchev–Trinajstić information content (AvgIpc) is 3.36. The fourth-order valence-electron chi connectivity index (χ4n) is 2.41. The summed E-state index contributed by atoms with van der Waals surface area (Å²) in [5.74, 6) is -0.0923. The van der Waals surface area contributed by atoms with Gasteiger partial charge in [0.15, 0.2) is 0 Å². The number of sulfonamides is 1.